The fraction of sp³-hybridized carbons (Fsp3) is 0.611. The molecule has 0 aliphatic rings. The van der Waals surface area contributed by atoms with Crippen molar-refractivity contribution in [1.82, 2.24) is 0 Å². The maximum atomic E-state index is 7.41. The van der Waals surface area contributed by atoms with E-state index in [4.69, 9.17) is 22.8 Å². The number of benzene rings is 2. The highest BCUT2D eigenvalue weighted by molar-refractivity contribution is 6.99. The van der Waals surface area contributed by atoms with Crippen molar-refractivity contribution < 1.29 is 22.8 Å². The van der Waals surface area contributed by atoms with Crippen LogP contribution in [0.15, 0.2) is 72.8 Å². The Morgan fingerprint density at radius 2 is 1.14 bits per heavy atom. The number of hydrogen-bond donors (Lipinski definition) is 0. The van der Waals surface area contributed by atoms with E-state index in [9.17, 15) is 0 Å². The predicted molar refractivity (Wildman–Crippen MR) is 195 cm³/mol. The third kappa shape index (κ3) is 9.82. The Balaban J connectivity index is 2.59. The fourth-order valence-corrected chi connectivity index (χ4v) is 11.6. The van der Waals surface area contributed by atoms with Crippen molar-refractivity contribution in [3.8, 4) is 0 Å². The highest BCUT2D eigenvalue weighted by atomic mass is 28.4. The lowest BCUT2D eigenvalue weighted by molar-refractivity contribution is -0.0973. The molecular weight excluding hydrogens is 597 g/mol. The Morgan fingerprint density at radius 1 is 0.659 bits per heavy atom. The maximum absolute atomic E-state index is 7.41. The monoisotopic (exact) mass is 658 g/mol. The average Bonchev–Trinajstić information content (AvgIpc) is 2.91. The molecule has 0 saturated heterocycles. The van der Waals surface area contributed by atoms with E-state index >= 15 is 0 Å². The molecule has 0 heterocycles. The van der Waals surface area contributed by atoms with Crippen LogP contribution in [0.1, 0.15) is 62.3 Å². The summed E-state index contributed by atoms with van der Waals surface area (Å²) in [6.45, 7) is 30.7. The second-order valence-electron chi connectivity index (χ2n) is 15.9. The molecule has 2 atom stereocenters. The minimum Gasteiger partial charge on any atom is -0.413 e. The van der Waals surface area contributed by atoms with Crippen molar-refractivity contribution in [3.63, 3.8) is 0 Å². The molecule has 0 saturated carbocycles. The van der Waals surface area contributed by atoms with Crippen LogP contribution in [0.3, 0.4) is 0 Å². The second-order valence-corrected chi connectivity index (χ2v) is 29.8. The van der Waals surface area contributed by atoms with Gasteiger partial charge in [-0.2, -0.15) is 0 Å². The number of hydrogen-bond acceptors (Lipinski definition) is 5. The van der Waals surface area contributed by atoms with E-state index in [1.165, 1.54) is 10.4 Å². The Labute approximate surface area is 273 Å². The molecule has 2 aromatic rings. The zero-order valence-electron chi connectivity index (χ0n) is 30.2. The first-order valence-corrected chi connectivity index (χ1v) is 23.8. The van der Waals surface area contributed by atoms with E-state index in [0.29, 0.717) is 13.2 Å². The third-order valence-electron chi connectivity index (χ3n) is 9.55. The van der Waals surface area contributed by atoms with Crippen LogP contribution in [-0.2, 0) is 22.8 Å². The first-order chi connectivity index (χ1) is 20.2. The summed E-state index contributed by atoms with van der Waals surface area (Å²) in [5.41, 5.74) is 0. The summed E-state index contributed by atoms with van der Waals surface area (Å²) in [5.74, 6) is 0. The molecule has 2 aromatic carbocycles. The molecule has 0 spiro atoms. The van der Waals surface area contributed by atoms with Crippen molar-refractivity contribution in [2.75, 3.05) is 27.1 Å². The predicted octanol–water partition coefficient (Wildman–Crippen LogP) is 8.52. The molecule has 248 valence electrons. The molecule has 2 rings (SSSR count). The minimum absolute atomic E-state index is 0.0175. The molecule has 0 unspecified atom stereocenters. The van der Waals surface area contributed by atoms with E-state index in [0.717, 1.165) is 0 Å². The average molecular weight is 659 g/mol. The maximum Gasteiger partial charge on any atom is 0.261 e. The van der Waals surface area contributed by atoms with Crippen molar-refractivity contribution in [1.29, 1.82) is 0 Å². The van der Waals surface area contributed by atoms with Gasteiger partial charge in [-0.25, -0.2) is 0 Å². The third-order valence-corrected chi connectivity index (χ3v) is 23.6. The van der Waals surface area contributed by atoms with E-state index in [1.807, 2.05) is 0 Å². The molecule has 0 aliphatic carbocycles. The largest absolute Gasteiger partial charge is 0.413 e. The van der Waals surface area contributed by atoms with Crippen LogP contribution in [0, 0.1) is 0 Å². The molecule has 0 bridgehead atoms. The van der Waals surface area contributed by atoms with Gasteiger partial charge in [-0.3, -0.25) is 0 Å². The topological polar surface area (TPSA) is 46.2 Å². The van der Waals surface area contributed by atoms with Crippen LogP contribution in [-0.4, -0.2) is 64.3 Å². The van der Waals surface area contributed by atoms with Crippen molar-refractivity contribution in [2.24, 2.45) is 0 Å². The van der Waals surface area contributed by atoms with Gasteiger partial charge >= 0.3 is 0 Å². The lowest BCUT2D eigenvalue weighted by Crippen LogP contribution is -2.67. The molecule has 0 aromatic heterocycles. The molecule has 8 heteroatoms. The van der Waals surface area contributed by atoms with Crippen LogP contribution < -0.4 is 10.4 Å². The number of ether oxygens (including phenoxy) is 2. The molecule has 0 amide bonds. The molecular formula is C36H62O5Si3. The molecule has 0 N–H and O–H groups in total. The molecule has 0 aliphatic heterocycles. The van der Waals surface area contributed by atoms with Crippen LogP contribution in [0.25, 0.3) is 0 Å². The highest BCUT2D eigenvalue weighted by Gasteiger charge is 2.51. The first-order valence-electron chi connectivity index (χ1n) is 16.0. The summed E-state index contributed by atoms with van der Waals surface area (Å²) >= 11 is 0. The van der Waals surface area contributed by atoms with Crippen LogP contribution in [0.2, 0.25) is 41.3 Å². The standard InChI is InChI=1S/C36H62O5Si3/c1-34(2,3)42(11,12)39-27-21-26-32(38-29-37-10)33(41-43(13,14)35(4,5)6)28-40-44(36(7,8)9,30-22-17-15-18-23-30)31-24-19-16-20-25-31/h15-26,32-33H,27-29H2,1-14H3/b26-21+/t32-,33+/m0/s1. The lowest BCUT2D eigenvalue weighted by Gasteiger charge is -2.45. The van der Waals surface area contributed by atoms with Crippen LogP contribution >= 0.6 is 0 Å². The first kappa shape index (κ1) is 38.8. The van der Waals surface area contributed by atoms with Crippen LogP contribution in [0.4, 0.5) is 0 Å². The Bertz CT molecular complexity index is 1110. The van der Waals surface area contributed by atoms with Gasteiger partial charge in [0.15, 0.2) is 16.6 Å². The molecule has 0 radical (unpaired) electrons. The highest BCUT2D eigenvalue weighted by Crippen LogP contribution is 2.40. The number of rotatable bonds is 15. The fourth-order valence-electron chi connectivity index (χ4n) is 4.82. The van der Waals surface area contributed by atoms with Gasteiger partial charge in [0.05, 0.1) is 19.3 Å². The molecule has 5 nitrogen and oxygen atoms in total. The normalized spacial score (nSPS) is 15.5. The van der Waals surface area contributed by atoms with Gasteiger partial charge in [-0.05, 0) is 51.7 Å². The Morgan fingerprint density at radius 3 is 1.55 bits per heavy atom. The van der Waals surface area contributed by atoms with Gasteiger partial charge < -0.3 is 22.8 Å². The zero-order chi connectivity index (χ0) is 33.5. The minimum atomic E-state index is -2.79. The molecule has 44 heavy (non-hydrogen) atoms. The smallest absolute Gasteiger partial charge is 0.261 e. The Hall–Kier alpha value is -1.37. The SMILES string of the molecule is COCO[C@@H](/C=C/CO[Si](C)(C)C(C)(C)C)[C@@H](CO[Si](c1ccccc1)(c1ccccc1)C(C)(C)C)O[Si](C)(C)C(C)(C)C. The van der Waals surface area contributed by atoms with Gasteiger partial charge in [0.25, 0.3) is 8.32 Å². The van der Waals surface area contributed by atoms with Crippen molar-refractivity contribution >= 4 is 35.3 Å². The van der Waals surface area contributed by atoms with Gasteiger partial charge in [0, 0.05) is 7.11 Å². The van der Waals surface area contributed by atoms with E-state index in [-0.39, 0.29) is 34.1 Å². The van der Waals surface area contributed by atoms with Crippen molar-refractivity contribution in [3.05, 3.63) is 72.8 Å². The summed E-state index contributed by atoms with van der Waals surface area (Å²) in [6.07, 6.45) is 3.48. The quantitative estimate of drug-likeness (QED) is 0.109. The van der Waals surface area contributed by atoms with E-state index in [1.54, 1.807) is 7.11 Å². The molecule has 0 fully saturated rings. The van der Waals surface area contributed by atoms with Crippen LogP contribution in [0.5, 0.6) is 0 Å². The summed E-state index contributed by atoms with van der Waals surface area (Å²) in [4.78, 5) is 0. The second kappa shape index (κ2) is 15.5. The summed E-state index contributed by atoms with van der Waals surface area (Å²) < 4.78 is 32.8. The van der Waals surface area contributed by atoms with Gasteiger partial charge in [-0.1, -0.05) is 135 Å². The van der Waals surface area contributed by atoms with Crippen molar-refractivity contribution in [2.45, 2.75) is 116 Å². The zero-order valence-corrected chi connectivity index (χ0v) is 33.2. The summed E-state index contributed by atoms with van der Waals surface area (Å²) in [6, 6.07) is 21.5. The summed E-state index contributed by atoms with van der Waals surface area (Å²) in [7, 11) is -5.24. The van der Waals surface area contributed by atoms with Gasteiger partial charge in [-0.15, -0.1) is 0 Å². The van der Waals surface area contributed by atoms with Gasteiger partial charge in [0.2, 0.25) is 0 Å². The lowest BCUT2D eigenvalue weighted by atomic mass is 10.2. The van der Waals surface area contributed by atoms with E-state index < -0.39 is 25.0 Å². The van der Waals surface area contributed by atoms with E-state index in [2.05, 4.69) is 161 Å². The number of methoxy groups -OCH3 is 1. The van der Waals surface area contributed by atoms with Gasteiger partial charge in [0.1, 0.15) is 12.9 Å². The summed E-state index contributed by atoms with van der Waals surface area (Å²) in [5, 5.41) is 2.51. The Kier molecular flexibility index (Phi) is 13.7.